The number of carbonyl (C=O) groups excluding carboxylic acids is 1. The number of furan rings is 1. The van der Waals surface area contributed by atoms with Gasteiger partial charge in [-0.2, -0.15) is 0 Å². The quantitative estimate of drug-likeness (QED) is 0.459. The smallest absolute Gasteiger partial charge is 0.291 e. The highest BCUT2D eigenvalue weighted by molar-refractivity contribution is 6.02. The highest BCUT2D eigenvalue weighted by atomic mass is 16.3. The van der Waals surface area contributed by atoms with Crippen molar-refractivity contribution in [1.82, 2.24) is 10.2 Å². The van der Waals surface area contributed by atoms with Crippen LogP contribution >= 0.6 is 0 Å². The summed E-state index contributed by atoms with van der Waals surface area (Å²) < 4.78 is 5.12. The van der Waals surface area contributed by atoms with Gasteiger partial charge in [-0.3, -0.25) is 4.79 Å². The summed E-state index contributed by atoms with van der Waals surface area (Å²) in [5, 5.41) is 6.26. The molecule has 1 atom stereocenters. The SMILES string of the molecule is CCNC(=NCc1ccc(NC(=O)c2ccco2)cc1)N1CCC(c2ccccc2)C1. The fourth-order valence-electron chi connectivity index (χ4n) is 3.84. The molecule has 0 saturated carbocycles. The maximum absolute atomic E-state index is 12.1. The van der Waals surface area contributed by atoms with Crippen LogP contribution in [0.5, 0.6) is 0 Å². The monoisotopic (exact) mass is 416 g/mol. The Balaban J connectivity index is 1.37. The molecule has 0 aliphatic carbocycles. The molecule has 31 heavy (non-hydrogen) atoms. The van der Waals surface area contributed by atoms with Gasteiger partial charge in [0.1, 0.15) is 0 Å². The highest BCUT2D eigenvalue weighted by Gasteiger charge is 2.25. The van der Waals surface area contributed by atoms with Crippen molar-refractivity contribution in [2.75, 3.05) is 25.0 Å². The second-order valence-corrected chi connectivity index (χ2v) is 7.64. The molecular formula is C25H28N4O2. The second kappa shape index (κ2) is 9.98. The molecule has 1 aliphatic rings. The van der Waals surface area contributed by atoms with Gasteiger partial charge in [0.05, 0.1) is 12.8 Å². The van der Waals surface area contributed by atoms with Crippen LogP contribution in [0.15, 0.2) is 82.4 Å². The van der Waals surface area contributed by atoms with Gasteiger partial charge >= 0.3 is 0 Å². The van der Waals surface area contributed by atoms with Crippen molar-refractivity contribution >= 4 is 17.6 Å². The van der Waals surface area contributed by atoms with Crippen LogP contribution in [0.3, 0.4) is 0 Å². The van der Waals surface area contributed by atoms with Crippen molar-refractivity contribution in [3.8, 4) is 0 Å². The summed E-state index contributed by atoms with van der Waals surface area (Å²) in [4.78, 5) is 19.3. The lowest BCUT2D eigenvalue weighted by Gasteiger charge is -2.22. The zero-order valence-corrected chi connectivity index (χ0v) is 17.8. The standard InChI is InChI=1S/C25H28N4O2/c1-2-26-25(29-15-14-21(18-29)20-7-4-3-5-8-20)27-17-19-10-12-22(13-11-19)28-24(30)23-9-6-16-31-23/h3-13,16,21H,2,14-15,17-18H2,1H3,(H,26,27)(H,28,30). The van der Waals surface area contributed by atoms with E-state index in [0.29, 0.717) is 18.2 Å². The molecule has 3 aromatic rings. The number of nitrogens with one attached hydrogen (secondary N) is 2. The molecule has 4 rings (SSSR count). The van der Waals surface area contributed by atoms with Gasteiger partial charge in [-0.1, -0.05) is 42.5 Å². The maximum Gasteiger partial charge on any atom is 0.291 e. The Labute approximate surface area is 183 Å². The largest absolute Gasteiger partial charge is 0.459 e. The Morgan fingerprint density at radius 1 is 1.10 bits per heavy atom. The minimum absolute atomic E-state index is 0.257. The molecule has 2 heterocycles. The average Bonchev–Trinajstić information content (AvgIpc) is 3.51. The van der Waals surface area contributed by atoms with Crippen LogP contribution < -0.4 is 10.6 Å². The van der Waals surface area contributed by atoms with Gasteiger partial charge in [-0.15, -0.1) is 0 Å². The van der Waals surface area contributed by atoms with Crippen LogP contribution in [0.25, 0.3) is 0 Å². The van der Waals surface area contributed by atoms with Crippen molar-refractivity contribution in [1.29, 1.82) is 0 Å². The number of anilines is 1. The third kappa shape index (κ3) is 5.34. The molecule has 1 fully saturated rings. The first-order valence-corrected chi connectivity index (χ1v) is 10.7. The van der Waals surface area contributed by atoms with Crippen LogP contribution in [0.4, 0.5) is 5.69 Å². The minimum atomic E-state index is -0.257. The molecule has 6 nitrogen and oxygen atoms in total. The van der Waals surface area contributed by atoms with E-state index >= 15 is 0 Å². The summed E-state index contributed by atoms with van der Waals surface area (Å²) in [6, 6.07) is 21.8. The van der Waals surface area contributed by atoms with E-state index in [4.69, 9.17) is 9.41 Å². The van der Waals surface area contributed by atoms with Gasteiger partial charge in [0.15, 0.2) is 11.7 Å². The number of carbonyl (C=O) groups is 1. The Morgan fingerprint density at radius 2 is 1.90 bits per heavy atom. The van der Waals surface area contributed by atoms with Crippen LogP contribution in [0.1, 0.15) is 40.9 Å². The van der Waals surface area contributed by atoms with E-state index in [2.05, 4.69) is 52.8 Å². The van der Waals surface area contributed by atoms with Crippen LogP contribution in [0.2, 0.25) is 0 Å². The summed E-state index contributed by atoms with van der Waals surface area (Å²) in [5.41, 5.74) is 3.21. The number of guanidine groups is 1. The molecule has 1 aliphatic heterocycles. The Morgan fingerprint density at radius 3 is 2.61 bits per heavy atom. The number of rotatable bonds is 6. The first-order valence-electron chi connectivity index (χ1n) is 10.7. The molecule has 0 bridgehead atoms. The maximum atomic E-state index is 12.1. The van der Waals surface area contributed by atoms with Gasteiger partial charge in [0, 0.05) is 31.2 Å². The van der Waals surface area contributed by atoms with Gasteiger partial charge in [0.25, 0.3) is 5.91 Å². The van der Waals surface area contributed by atoms with Crippen LogP contribution in [-0.2, 0) is 6.54 Å². The van der Waals surface area contributed by atoms with Gasteiger partial charge in [0.2, 0.25) is 0 Å². The fraction of sp³-hybridized carbons (Fsp3) is 0.280. The predicted molar refractivity (Wildman–Crippen MR) is 123 cm³/mol. The van der Waals surface area contributed by atoms with Crippen molar-refractivity contribution in [3.63, 3.8) is 0 Å². The number of benzene rings is 2. The molecular weight excluding hydrogens is 388 g/mol. The molecule has 1 saturated heterocycles. The molecule has 1 amide bonds. The molecule has 160 valence electrons. The van der Waals surface area contributed by atoms with Gasteiger partial charge < -0.3 is 20.0 Å². The van der Waals surface area contributed by atoms with Gasteiger partial charge in [-0.05, 0) is 48.7 Å². The zero-order valence-electron chi connectivity index (χ0n) is 17.8. The number of likely N-dealkylation sites (tertiary alicyclic amines) is 1. The Hall–Kier alpha value is -3.54. The molecule has 2 aromatic carbocycles. The van der Waals surface area contributed by atoms with E-state index < -0.39 is 0 Å². The van der Waals surface area contributed by atoms with E-state index in [1.54, 1.807) is 12.1 Å². The second-order valence-electron chi connectivity index (χ2n) is 7.64. The Bertz CT molecular complexity index is 998. The molecule has 1 unspecified atom stereocenters. The number of amides is 1. The molecule has 0 spiro atoms. The number of hydrogen-bond donors (Lipinski definition) is 2. The molecule has 2 N–H and O–H groups in total. The van der Waals surface area contributed by atoms with Crippen LogP contribution in [0, 0.1) is 0 Å². The van der Waals surface area contributed by atoms with Crippen molar-refractivity contribution in [2.45, 2.75) is 25.8 Å². The molecule has 0 radical (unpaired) electrons. The van der Waals surface area contributed by atoms with Crippen LogP contribution in [-0.4, -0.2) is 36.4 Å². The summed E-state index contributed by atoms with van der Waals surface area (Å²) in [6.45, 7) is 5.50. The van der Waals surface area contributed by atoms with E-state index in [9.17, 15) is 4.79 Å². The van der Waals surface area contributed by atoms with Crippen molar-refractivity contribution < 1.29 is 9.21 Å². The first kappa shape index (κ1) is 20.7. The normalized spacial score (nSPS) is 16.4. The minimum Gasteiger partial charge on any atom is -0.459 e. The number of hydrogen-bond acceptors (Lipinski definition) is 3. The Kier molecular flexibility index (Phi) is 6.67. The lowest BCUT2D eigenvalue weighted by Crippen LogP contribution is -2.40. The molecule has 6 heteroatoms. The number of nitrogens with zero attached hydrogens (tertiary/aromatic N) is 2. The predicted octanol–water partition coefficient (Wildman–Crippen LogP) is 4.49. The topological polar surface area (TPSA) is 69.9 Å². The highest BCUT2D eigenvalue weighted by Crippen LogP contribution is 2.27. The first-order chi connectivity index (χ1) is 15.2. The fourth-order valence-corrected chi connectivity index (χ4v) is 3.84. The third-order valence-electron chi connectivity index (χ3n) is 5.46. The van der Waals surface area contributed by atoms with E-state index in [1.807, 2.05) is 24.3 Å². The summed E-state index contributed by atoms with van der Waals surface area (Å²) in [7, 11) is 0. The summed E-state index contributed by atoms with van der Waals surface area (Å²) >= 11 is 0. The summed E-state index contributed by atoms with van der Waals surface area (Å²) in [6.07, 6.45) is 2.62. The van der Waals surface area contributed by atoms with Crippen molar-refractivity contribution in [2.24, 2.45) is 4.99 Å². The lowest BCUT2D eigenvalue weighted by atomic mass is 9.99. The lowest BCUT2D eigenvalue weighted by molar-refractivity contribution is 0.0996. The van der Waals surface area contributed by atoms with E-state index in [0.717, 1.165) is 43.3 Å². The van der Waals surface area contributed by atoms with E-state index in [-0.39, 0.29) is 5.91 Å². The van der Waals surface area contributed by atoms with Crippen molar-refractivity contribution in [3.05, 3.63) is 89.9 Å². The summed E-state index contributed by atoms with van der Waals surface area (Å²) in [5.74, 6) is 1.54. The third-order valence-corrected chi connectivity index (χ3v) is 5.46. The van der Waals surface area contributed by atoms with Gasteiger partial charge in [-0.25, -0.2) is 4.99 Å². The zero-order chi connectivity index (χ0) is 21.5. The molecule has 1 aromatic heterocycles. The number of aliphatic imine (C=N–C) groups is 1. The average molecular weight is 417 g/mol. The van der Waals surface area contributed by atoms with E-state index in [1.165, 1.54) is 11.8 Å².